The summed E-state index contributed by atoms with van der Waals surface area (Å²) in [6.45, 7) is 0. The topological polar surface area (TPSA) is 40.5 Å². The molecule has 16 heavy (non-hydrogen) atoms. The molecule has 0 spiro atoms. The average molecular weight is 238 g/mol. The maximum Gasteiger partial charge on any atom is 0.115 e. The van der Waals surface area contributed by atoms with Crippen LogP contribution >= 0.6 is 11.8 Å². The largest absolute Gasteiger partial charge is 0.508 e. The Morgan fingerprint density at radius 2 is 2.00 bits per heavy atom. The molecule has 0 amide bonds. The summed E-state index contributed by atoms with van der Waals surface area (Å²) < 4.78 is 0. The van der Waals surface area contributed by atoms with Crippen LogP contribution in [-0.2, 0) is 6.42 Å². The van der Waals surface area contributed by atoms with Gasteiger partial charge in [0.15, 0.2) is 0 Å². The molecule has 0 saturated carbocycles. The highest BCUT2D eigenvalue weighted by Gasteiger charge is 2.22. The standard InChI is InChI=1S/C13H18O2S/c14-11-6-4-10(5-7-11)9-12(15)13-3-1-2-8-16-13/h4-7,12-15H,1-3,8-9H2. The van der Waals surface area contributed by atoms with Gasteiger partial charge in [0.2, 0.25) is 0 Å². The third-order valence-electron chi connectivity index (χ3n) is 3.03. The normalized spacial score (nSPS) is 22.9. The number of aliphatic hydroxyl groups excluding tert-OH is 1. The lowest BCUT2D eigenvalue weighted by Crippen LogP contribution is -2.27. The number of phenolic OH excluding ortho intramolecular Hbond substituents is 1. The Hall–Kier alpha value is -0.670. The Labute approximate surface area is 101 Å². The van der Waals surface area contributed by atoms with Crippen LogP contribution in [0.25, 0.3) is 0 Å². The van der Waals surface area contributed by atoms with Crippen LogP contribution in [0.4, 0.5) is 0 Å². The third-order valence-corrected chi connectivity index (χ3v) is 4.53. The SMILES string of the molecule is Oc1ccc(CC(O)C2CCCCS2)cc1. The first kappa shape index (κ1) is 11.8. The molecule has 2 unspecified atom stereocenters. The highest BCUT2D eigenvalue weighted by molar-refractivity contribution is 8.00. The van der Waals surface area contributed by atoms with Crippen molar-refractivity contribution in [3.8, 4) is 5.75 Å². The minimum absolute atomic E-state index is 0.255. The number of hydrogen-bond acceptors (Lipinski definition) is 3. The van der Waals surface area contributed by atoms with Crippen molar-refractivity contribution in [3.05, 3.63) is 29.8 Å². The lowest BCUT2D eigenvalue weighted by molar-refractivity contribution is 0.166. The molecule has 0 aromatic heterocycles. The van der Waals surface area contributed by atoms with E-state index in [9.17, 15) is 10.2 Å². The molecule has 1 heterocycles. The van der Waals surface area contributed by atoms with Gasteiger partial charge in [-0.3, -0.25) is 0 Å². The summed E-state index contributed by atoms with van der Waals surface area (Å²) >= 11 is 1.89. The average Bonchev–Trinajstić information content (AvgIpc) is 2.33. The zero-order chi connectivity index (χ0) is 11.4. The van der Waals surface area contributed by atoms with Gasteiger partial charge in [0.05, 0.1) is 6.10 Å². The number of benzene rings is 1. The lowest BCUT2D eigenvalue weighted by Gasteiger charge is -2.26. The van der Waals surface area contributed by atoms with Gasteiger partial charge in [-0.1, -0.05) is 18.6 Å². The Balaban J connectivity index is 1.90. The van der Waals surface area contributed by atoms with Crippen LogP contribution < -0.4 is 0 Å². The molecule has 2 rings (SSSR count). The number of rotatable bonds is 3. The molecule has 2 atom stereocenters. The Kier molecular flexibility index (Phi) is 4.13. The second kappa shape index (κ2) is 5.60. The Morgan fingerprint density at radius 3 is 2.62 bits per heavy atom. The molecule has 2 nitrogen and oxygen atoms in total. The van der Waals surface area contributed by atoms with E-state index in [1.807, 2.05) is 23.9 Å². The zero-order valence-electron chi connectivity index (χ0n) is 9.30. The molecule has 1 aliphatic rings. The smallest absolute Gasteiger partial charge is 0.115 e. The third kappa shape index (κ3) is 3.16. The van der Waals surface area contributed by atoms with E-state index in [1.54, 1.807) is 12.1 Å². The quantitative estimate of drug-likeness (QED) is 0.850. The minimum Gasteiger partial charge on any atom is -0.508 e. The predicted octanol–water partition coefficient (Wildman–Crippen LogP) is 2.58. The fourth-order valence-corrected chi connectivity index (χ4v) is 3.40. The molecular formula is C13H18O2S. The monoisotopic (exact) mass is 238 g/mol. The van der Waals surface area contributed by atoms with Crippen LogP contribution in [-0.4, -0.2) is 27.3 Å². The highest BCUT2D eigenvalue weighted by atomic mass is 32.2. The van der Waals surface area contributed by atoms with E-state index in [4.69, 9.17) is 0 Å². The molecule has 1 aliphatic heterocycles. The van der Waals surface area contributed by atoms with Crippen molar-refractivity contribution in [1.82, 2.24) is 0 Å². The second-order valence-corrected chi connectivity index (χ2v) is 5.69. The molecule has 1 aromatic rings. The van der Waals surface area contributed by atoms with Gasteiger partial charge in [-0.05, 0) is 42.7 Å². The van der Waals surface area contributed by atoms with Crippen LogP contribution in [0.5, 0.6) is 5.75 Å². The number of phenols is 1. The van der Waals surface area contributed by atoms with Gasteiger partial charge in [0.1, 0.15) is 5.75 Å². The fraction of sp³-hybridized carbons (Fsp3) is 0.538. The van der Waals surface area contributed by atoms with Crippen molar-refractivity contribution in [1.29, 1.82) is 0 Å². The molecule has 3 heteroatoms. The van der Waals surface area contributed by atoms with Crippen LogP contribution in [0.3, 0.4) is 0 Å². The van der Waals surface area contributed by atoms with Crippen LogP contribution in [0, 0.1) is 0 Å². The molecule has 1 saturated heterocycles. The van der Waals surface area contributed by atoms with Gasteiger partial charge >= 0.3 is 0 Å². The van der Waals surface area contributed by atoms with Crippen LogP contribution in [0.15, 0.2) is 24.3 Å². The molecule has 2 N–H and O–H groups in total. The summed E-state index contributed by atoms with van der Waals surface area (Å²) in [6.07, 6.45) is 4.09. The number of aliphatic hydroxyl groups is 1. The van der Waals surface area contributed by atoms with Crippen molar-refractivity contribution < 1.29 is 10.2 Å². The highest BCUT2D eigenvalue weighted by Crippen LogP contribution is 2.29. The van der Waals surface area contributed by atoms with Gasteiger partial charge in [0, 0.05) is 5.25 Å². The van der Waals surface area contributed by atoms with Gasteiger partial charge in [0.25, 0.3) is 0 Å². The van der Waals surface area contributed by atoms with E-state index >= 15 is 0 Å². The van der Waals surface area contributed by atoms with Crippen molar-refractivity contribution in [2.75, 3.05) is 5.75 Å². The van der Waals surface area contributed by atoms with Crippen molar-refractivity contribution >= 4 is 11.8 Å². The van der Waals surface area contributed by atoms with Gasteiger partial charge < -0.3 is 10.2 Å². The number of aromatic hydroxyl groups is 1. The molecule has 88 valence electrons. The molecule has 0 aliphatic carbocycles. The van der Waals surface area contributed by atoms with E-state index in [0.29, 0.717) is 11.7 Å². The first-order valence-corrected chi connectivity index (χ1v) is 6.88. The molecule has 1 fully saturated rings. The van der Waals surface area contributed by atoms with Crippen LogP contribution in [0.1, 0.15) is 24.8 Å². The zero-order valence-corrected chi connectivity index (χ0v) is 10.1. The summed E-state index contributed by atoms with van der Waals surface area (Å²) in [7, 11) is 0. The fourth-order valence-electron chi connectivity index (χ4n) is 2.07. The Bertz CT molecular complexity index is 317. The predicted molar refractivity (Wildman–Crippen MR) is 67.9 cm³/mol. The molecular weight excluding hydrogens is 220 g/mol. The molecule has 0 bridgehead atoms. The van der Waals surface area contributed by atoms with E-state index < -0.39 is 0 Å². The summed E-state index contributed by atoms with van der Waals surface area (Å²) in [5, 5.41) is 19.7. The maximum atomic E-state index is 10.1. The molecule has 1 aromatic carbocycles. The van der Waals surface area contributed by atoms with E-state index in [0.717, 1.165) is 12.0 Å². The van der Waals surface area contributed by atoms with Gasteiger partial charge in [-0.2, -0.15) is 11.8 Å². The van der Waals surface area contributed by atoms with Crippen molar-refractivity contribution in [2.24, 2.45) is 0 Å². The first-order chi connectivity index (χ1) is 7.75. The van der Waals surface area contributed by atoms with Crippen molar-refractivity contribution in [2.45, 2.75) is 37.0 Å². The number of thioether (sulfide) groups is 1. The second-order valence-electron chi connectivity index (χ2n) is 4.34. The molecule has 0 radical (unpaired) electrons. The summed E-state index contributed by atoms with van der Waals surface area (Å²) in [5.41, 5.74) is 1.09. The van der Waals surface area contributed by atoms with E-state index in [2.05, 4.69) is 0 Å². The summed E-state index contributed by atoms with van der Waals surface area (Å²) in [6, 6.07) is 7.12. The minimum atomic E-state index is -0.255. The van der Waals surface area contributed by atoms with Gasteiger partial charge in [-0.15, -0.1) is 0 Å². The summed E-state index contributed by atoms with van der Waals surface area (Å²) in [4.78, 5) is 0. The first-order valence-electron chi connectivity index (χ1n) is 5.83. The van der Waals surface area contributed by atoms with E-state index in [1.165, 1.54) is 18.6 Å². The maximum absolute atomic E-state index is 10.1. The number of hydrogen-bond donors (Lipinski definition) is 2. The van der Waals surface area contributed by atoms with Crippen LogP contribution in [0.2, 0.25) is 0 Å². The van der Waals surface area contributed by atoms with Crippen molar-refractivity contribution in [3.63, 3.8) is 0 Å². The lowest BCUT2D eigenvalue weighted by atomic mass is 10.0. The summed E-state index contributed by atoms with van der Waals surface area (Å²) in [5.74, 6) is 1.46. The van der Waals surface area contributed by atoms with E-state index in [-0.39, 0.29) is 11.9 Å². The van der Waals surface area contributed by atoms with Gasteiger partial charge in [-0.25, -0.2) is 0 Å². The Morgan fingerprint density at radius 1 is 1.25 bits per heavy atom.